The van der Waals surface area contributed by atoms with Crippen LogP contribution in [-0.2, 0) is 0 Å². The van der Waals surface area contributed by atoms with Crippen LogP contribution < -0.4 is 5.32 Å². The first-order valence-corrected chi connectivity index (χ1v) is 6.33. The Balaban J connectivity index is 1.91. The lowest BCUT2D eigenvalue weighted by Crippen LogP contribution is -1.98. The molecule has 0 atom stereocenters. The van der Waals surface area contributed by atoms with Crippen molar-refractivity contribution in [3.8, 4) is 11.3 Å². The van der Waals surface area contributed by atoms with Gasteiger partial charge in [0.1, 0.15) is 0 Å². The second-order valence-electron chi connectivity index (χ2n) is 4.39. The molecule has 21 heavy (non-hydrogen) atoms. The molecule has 0 aliphatic rings. The first kappa shape index (κ1) is 13.2. The molecule has 0 bridgehead atoms. The van der Waals surface area contributed by atoms with Crippen molar-refractivity contribution in [3.05, 3.63) is 72.4 Å². The van der Waals surface area contributed by atoms with E-state index >= 15 is 0 Å². The number of anilines is 2. The first-order valence-electron chi connectivity index (χ1n) is 6.33. The zero-order valence-corrected chi connectivity index (χ0v) is 10.9. The summed E-state index contributed by atoms with van der Waals surface area (Å²) in [6.07, 6.45) is 1.56. The Morgan fingerprint density at radius 3 is 2.43 bits per heavy atom. The summed E-state index contributed by atoms with van der Waals surface area (Å²) in [6, 6.07) is 14.8. The van der Waals surface area contributed by atoms with Gasteiger partial charge in [0.2, 0.25) is 5.95 Å². The molecule has 0 saturated heterocycles. The van der Waals surface area contributed by atoms with Crippen LogP contribution in [0.3, 0.4) is 0 Å². The van der Waals surface area contributed by atoms with Gasteiger partial charge < -0.3 is 5.32 Å². The lowest BCUT2D eigenvalue weighted by Gasteiger charge is -2.06. The van der Waals surface area contributed by atoms with E-state index in [0.717, 1.165) is 17.8 Å². The number of nitrogens with zero attached hydrogens (tertiary/aromatic N) is 2. The molecular weight excluding hydrogens is 272 g/mol. The third kappa shape index (κ3) is 3.02. The molecule has 3 rings (SSSR count). The molecule has 1 N–H and O–H groups in total. The summed E-state index contributed by atoms with van der Waals surface area (Å²) < 4.78 is 26.2. The summed E-state index contributed by atoms with van der Waals surface area (Å²) in [5, 5.41) is 3.05. The summed E-state index contributed by atoms with van der Waals surface area (Å²) in [6.45, 7) is 0. The average molecular weight is 283 g/mol. The van der Waals surface area contributed by atoms with Crippen molar-refractivity contribution in [2.24, 2.45) is 0 Å². The highest BCUT2D eigenvalue weighted by Gasteiger charge is 2.07. The molecule has 0 aliphatic carbocycles. The second kappa shape index (κ2) is 5.66. The number of hydrogen-bond donors (Lipinski definition) is 1. The van der Waals surface area contributed by atoms with E-state index in [2.05, 4.69) is 15.3 Å². The summed E-state index contributed by atoms with van der Waals surface area (Å²) >= 11 is 0. The number of nitrogens with one attached hydrogen (secondary N) is 1. The molecule has 0 fully saturated rings. The van der Waals surface area contributed by atoms with Crippen molar-refractivity contribution >= 4 is 11.6 Å². The zero-order valence-electron chi connectivity index (χ0n) is 10.9. The number of hydrogen-bond acceptors (Lipinski definition) is 3. The predicted octanol–water partition coefficient (Wildman–Crippen LogP) is 4.17. The lowest BCUT2D eigenvalue weighted by molar-refractivity contribution is 0.509. The summed E-state index contributed by atoms with van der Waals surface area (Å²) in [5.41, 5.74) is 1.86. The van der Waals surface area contributed by atoms with Crippen LogP contribution >= 0.6 is 0 Å². The maximum atomic E-state index is 13.3. The maximum absolute atomic E-state index is 13.3. The van der Waals surface area contributed by atoms with Gasteiger partial charge >= 0.3 is 0 Å². The van der Waals surface area contributed by atoms with E-state index in [-0.39, 0.29) is 0 Å². The summed E-state index contributed by atoms with van der Waals surface area (Å²) in [5.74, 6) is -1.39. The molecule has 3 aromatic rings. The summed E-state index contributed by atoms with van der Waals surface area (Å²) in [7, 11) is 0. The molecule has 0 unspecified atom stereocenters. The van der Waals surface area contributed by atoms with Gasteiger partial charge in [-0.15, -0.1) is 0 Å². The van der Waals surface area contributed by atoms with Gasteiger partial charge in [0, 0.05) is 17.4 Å². The number of rotatable bonds is 3. The van der Waals surface area contributed by atoms with E-state index in [9.17, 15) is 8.78 Å². The summed E-state index contributed by atoms with van der Waals surface area (Å²) in [4.78, 5) is 8.41. The van der Waals surface area contributed by atoms with Crippen LogP contribution in [0.25, 0.3) is 11.3 Å². The molecule has 0 radical (unpaired) electrons. The molecule has 2 aromatic carbocycles. The Kier molecular flexibility index (Phi) is 3.55. The molecule has 0 saturated carbocycles. The van der Waals surface area contributed by atoms with Gasteiger partial charge in [0.05, 0.1) is 5.69 Å². The van der Waals surface area contributed by atoms with Crippen molar-refractivity contribution < 1.29 is 8.78 Å². The topological polar surface area (TPSA) is 37.8 Å². The Hall–Kier alpha value is -2.82. The minimum absolute atomic E-state index is 0.392. The van der Waals surface area contributed by atoms with E-state index in [4.69, 9.17) is 0 Å². The molecule has 5 heteroatoms. The quantitative estimate of drug-likeness (QED) is 0.784. The van der Waals surface area contributed by atoms with Gasteiger partial charge in [-0.25, -0.2) is 18.7 Å². The number of halogens is 2. The van der Waals surface area contributed by atoms with Crippen LogP contribution in [0, 0.1) is 11.6 Å². The highest BCUT2D eigenvalue weighted by Crippen LogP contribution is 2.21. The zero-order chi connectivity index (χ0) is 14.7. The van der Waals surface area contributed by atoms with Gasteiger partial charge in [-0.05, 0) is 36.4 Å². The van der Waals surface area contributed by atoms with Crippen molar-refractivity contribution in [2.45, 2.75) is 0 Å². The van der Waals surface area contributed by atoms with Crippen LogP contribution in [0.15, 0.2) is 60.8 Å². The Labute approximate surface area is 120 Å². The highest BCUT2D eigenvalue weighted by molar-refractivity contribution is 5.61. The smallest absolute Gasteiger partial charge is 0.227 e. The Bertz CT molecular complexity index is 760. The van der Waals surface area contributed by atoms with Crippen molar-refractivity contribution in [1.82, 2.24) is 9.97 Å². The van der Waals surface area contributed by atoms with Crippen molar-refractivity contribution in [3.63, 3.8) is 0 Å². The van der Waals surface area contributed by atoms with Crippen LogP contribution in [0.5, 0.6) is 0 Å². The third-order valence-corrected chi connectivity index (χ3v) is 2.90. The van der Waals surface area contributed by atoms with Crippen LogP contribution in [0.1, 0.15) is 0 Å². The van der Waals surface area contributed by atoms with Crippen LogP contribution in [-0.4, -0.2) is 9.97 Å². The second-order valence-corrected chi connectivity index (χ2v) is 4.39. The third-order valence-electron chi connectivity index (χ3n) is 2.90. The first-order chi connectivity index (χ1) is 10.2. The van der Waals surface area contributed by atoms with Crippen molar-refractivity contribution in [1.29, 1.82) is 0 Å². The Morgan fingerprint density at radius 1 is 0.857 bits per heavy atom. The fraction of sp³-hybridized carbons (Fsp3) is 0. The maximum Gasteiger partial charge on any atom is 0.227 e. The van der Waals surface area contributed by atoms with E-state index < -0.39 is 11.6 Å². The molecule has 104 valence electrons. The molecule has 0 aliphatic heterocycles. The average Bonchev–Trinajstić information content (AvgIpc) is 2.51. The van der Waals surface area contributed by atoms with E-state index in [1.165, 1.54) is 6.07 Å². The fourth-order valence-electron chi connectivity index (χ4n) is 1.89. The Morgan fingerprint density at radius 2 is 1.67 bits per heavy atom. The van der Waals surface area contributed by atoms with Gasteiger partial charge in [0.25, 0.3) is 0 Å². The van der Waals surface area contributed by atoms with Crippen LogP contribution in [0.2, 0.25) is 0 Å². The minimum Gasteiger partial charge on any atom is -0.324 e. The van der Waals surface area contributed by atoms with E-state index in [1.54, 1.807) is 12.3 Å². The van der Waals surface area contributed by atoms with Crippen molar-refractivity contribution in [2.75, 3.05) is 5.32 Å². The molecule has 3 nitrogen and oxygen atoms in total. The van der Waals surface area contributed by atoms with E-state index in [1.807, 2.05) is 30.3 Å². The molecular formula is C16H11F2N3. The molecule has 0 amide bonds. The van der Waals surface area contributed by atoms with Crippen LogP contribution in [0.4, 0.5) is 20.4 Å². The molecule has 0 spiro atoms. The number of benzene rings is 2. The standard InChI is InChI=1S/C16H11F2N3/c17-13-7-6-11(10-14(13)18)15-8-9-19-16(21-15)20-12-4-2-1-3-5-12/h1-10H,(H,19,20,21). The predicted molar refractivity (Wildman–Crippen MR) is 77.1 cm³/mol. The minimum atomic E-state index is -0.899. The lowest BCUT2D eigenvalue weighted by atomic mass is 10.1. The van der Waals surface area contributed by atoms with Gasteiger partial charge in [0.15, 0.2) is 11.6 Å². The monoisotopic (exact) mass is 283 g/mol. The SMILES string of the molecule is Fc1ccc(-c2ccnc(Nc3ccccc3)n2)cc1F. The molecule has 1 heterocycles. The highest BCUT2D eigenvalue weighted by atomic mass is 19.2. The van der Waals surface area contributed by atoms with Gasteiger partial charge in [-0.2, -0.15) is 0 Å². The fourth-order valence-corrected chi connectivity index (χ4v) is 1.89. The van der Waals surface area contributed by atoms with Gasteiger partial charge in [-0.1, -0.05) is 18.2 Å². The number of para-hydroxylation sites is 1. The van der Waals surface area contributed by atoms with Gasteiger partial charge in [-0.3, -0.25) is 0 Å². The molecule has 1 aromatic heterocycles. The van der Waals surface area contributed by atoms with E-state index in [0.29, 0.717) is 17.2 Å². The normalized spacial score (nSPS) is 10.4. The largest absolute Gasteiger partial charge is 0.324 e. The number of aromatic nitrogens is 2.